The highest BCUT2D eigenvalue weighted by Crippen LogP contribution is 2.35. The normalized spacial score (nSPS) is 21.4. The van der Waals surface area contributed by atoms with Crippen LogP contribution in [0.25, 0.3) is 0 Å². The molecule has 1 aromatic carbocycles. The number of nitrogens with two attached hydrogens (primary N) is 1. The molecule has 2 atom stereocenters. The van der Waals surface area contributed by atoms with Crippen molar-refractivity contribution in [3.63, 3.8) is 0 Å². The van der Waals surface area contributed by atoms with E-state index in [0.717, 1.165) is 30.0 Å². The predicted molar refractivity (Wildman–Crippen MR) is 116 cm³/mol. The van der Waals surface area contributed by atoms with E-state index in [0.29, 0.717) is 23.5 Å². The number of piperidine rings is 1. The first-order valence-corrected chi connectivity index (χ1v) is 10.8. The number of carboxylic acid groups (broad SMARTS) is 1. The summed E-state index contributed by atoms with van der Waals surface area (Å²) in [5.74, 6) is 7.78. The zero-order valence-corrected chi connectivity index (χ0v) is 17.9. The van der Waals surface area contributed by atoms with Gasteiger partial charge in [-0.2, -0.15) is 0 Å². The number of allylic oxidation sites excluding steroid dienone is 1. The zero-order valence-electron chi connectivity index (χ0n) is 16.9. The molecule has 2 aliphatic rings. The summed E-state index contributed by atoms with van der Waals surface area (Å²) in [4.78, 5) is 38.3. The zero-order chi connectivity index (χ0) is 21.8. The third-order valence-corrected chi connectivity index (χ3v) is 6.68. The van der Waals surface area contributed by atoms with Crippen LogP contribution in [-0.2, 0) is 4.79 Å². The molecule has 9 nitrogen and oxygen atoms in total. The standard InChI is InChI=1S/C20H26N5O4P/c1-12-13(2)22-16(25(21)18(12)26)11-30-17-9-5-6-10-24(17)19(27)14-7-3-4-8-15(14)23-20(28)29/h3-4,7-8,11,17,22-23,30H,5-6,9-10,21H2,1-2H3,(H,28,29)/b16-11-. The summed E-state index contributed by atoms with van der Waals surface area (Å²) >= 11 is 0. The van der Waals surface area contributed by atoms with Gasteiger partial charge in [-0.3, -0.25) is 14.9 Å². The fraction of sp³-hybridized carbons (Fsp3) is 0.350. The Bertz CT molecular complexity index is 930. The van der Waals surface area contributed by atoms with Gasteiger partial charge in [0.25, 0.3) is 11.8 Å². The Balaban J connectivity index is 1.80. The van der Waals surface area contributed by atoms with Crippen LogP contribution in [0.4, 0.5) is 10.5 Å². The number of amides is 3. The van der Waals surface area contributed by atoms with Gasteiger partial charge in [0.15, 0.2) is 0 Å². The first-order chi connectivity index (χ1) is 14.3. The van der Waals surface area contributed by atoms with Gasteiger partial charge >= 0.3 is 6.09 Å². The van der Waals surface area contributed by atoms with Crippen molar-refractivity contribution >= 4 is 32.2 Å². The van der Waals surface area contributed by atoms with Gasteiger partial charge in [-0.25, -0.2) is 15.6 Å². The number of nitrogens with one attached hydrogen (secondary N) is 2. The van der Waals surface area contributed by atoms with Crippen molar-refractivity contribution in [2.45, 2.75) is 38.9 Å². The van der Waals surface area contributed by atoms with Gasteiger partial charge in [-0.15, -0.1) is 0 Å². The minimum Gasteiger partial charge on any atom is -0.465 e. The SMILES string of the molecule is CC1=C(C)C(=O)N(N)/C(=C\PC2CCCCN2C(=O)c2ccccc2NC(=O)O)N1. The summed E-state index contributed by atoms with van der Waals surface area (Å²) in [6.45, 7) is 4.13. The van der Waals surface area contributed by atoms with Crippen molar-refractivity contribution in [2.75, 3.05) is 11.9 Å². The number of hydrazine groups is 1. The van der Waals surface area contributed by atoms with E-state index in [1.807, 2.05) is 12.7 Å². The average molecular weight is 431 g/mol. The van der Waals surface area contributed by atoms with Crippen LogP contribution in [0.5, 0.6) is 0 Å². The minimum atomic E-state index is -1.22. The van der Waals surface area contributed by atoms with Gasteiger partial charge in [0, 0.05) is 17.8 Å². The maximum absolute atomic E-state index is 13.2. The highest BCUT2D eigenvalue weighted by Gasteiger charge is 2.29. The van der Waals surface area contributed by atoms with Crippen LogP contribution in [0.2, 0.25) is 0 Å². The molecule has 2 aliphatic heterocycles. The number of para-hydroxylation sites is 1. The van der Waals surface area contributed by atoms with E-state index in [9.17, 15) is 14.4 Å². The lowest BCUT2D eigenvalue weighted by Gasteiger charge is -2.36. The Morgan fingerprint density at radius 1 is 1.30 bits per heavy atom. The third kappa shape index (κ3) is 4.63. The summed E-state index contributed by atoms with van der Waals surface area (Å²) < 4.78 is 0. The first kappa shape index (κ1) is 21.8. The van der Waals surface area contributed by atoms with E-state index >= 15 is 0 Å². The van der Waals surface area contributed by atoms with E-state index in [2.05, 4.69) is 10.6 Å². The molecule has 10 heteroatoms. The van der Waals surface area contributed by atoms with Crippen molar-refractivity contribution in [1.82, 2.24) is 15.2 Å². The number of nitrogens with zero attached hydrogens (tertiary/aromatic N) is 2. The van der Waals surface area contributed by atoms with E-state index < -0.39 is 6.09 Å². The molecule has 0 aliphatic carbocycles. The molecule has 1 fully saturated rings. The van der Waals surface area contributed by atoms with Crippen LogP contribution in [0.1, 0.15) is 43.5 Å². The highest BCUT2D eigenvalue weighted by atomic mass is 31.1. The van der Waals surface area contributed by atoms with Crippen LogP contribution in [0.15, 0.2) is 47.2 Å². The fourth-order valence-corrected chi connectivity index (χ4v) is 4.83. The summed E-state index contributed by atoms with van der Waals surface area (Å²) in [6.07, 6.45) is 1.50. The number of rotatable bonds is 4. The Morgan fingerprint density at radius 2 is 2.03 bits per heavy atom. The monoisotopic (exact) mass is 431 g/mol. The summed E-state index contributed by atoms with van der Waals surface area (Å²) in [7, 11) is 0.228. The summed E-state index contributed by atoms with van der Waals surface area (Å²) in [5.41, 5.74) is 1.91. The van der Waals surface area contributed by atoms with Gasteiger partial charge < -0.3 is 15.3 Å². The smallest absolute Gasteiger partial charge is 0.409 e. The number of anilines is 1. The second-order valence-electron chi connectivity index (χ2n) is 7.23. The lowest BCUT2D eigenvalue weighted by atomic mass is 10.1. The Morgan fingerprint density at radius 3 is 2.77 bits per heavy atom. The molecule has 0 spiro atoms. The molecule has 3 rings (SSSR count). The third-order valence-electron chi connectivity index (χ3n) is 5.25. The minimum absolute atomic E-state index is 0.0470. The van der Waals surface area contributed by atoms with Crippen molar-refractivity contribution in [3.8, 4) is 0 Å². The van der Waals surface area contributed by atoms with Crippen molar-refractivity contribution in [3.05, 3.63) is 52.7 Å². The summed E-state index contributed by atoms with van der Waals surface area (Å²) in [5, 5.41) is 15.6. The number of benzene rings is 1. The molecule has 30 heavy (non-hydrogen) atoms. The maximum Gasteiger partial charge on any atom is 0.409 e. The maximum atomic E-state index is 13.2. The largest absolute Gasteiger partial charge is 0.465 e. The number of likely N-dealkylation sites (tertiary alicyclic amines) is 1. The van der Waals surface area contributed by atoms with Crippen LogP contribution in [-0.4, -0.2) is 45.3 Å². The Labute approximate surface area is 176 Å². The number of carbonyl (C=O) groups is 3. The van der Waals surface area contributed by atoms with Gasteiger partial charge in [0.1, 0.15) is 5.82 Å². The van der Waals surface area contributed by atoms with Crippen molar-refractivity contribution < 1.29 is 19.5 Å². The van der Waals surface area contributed by atoms with Crippen molar-refractivity contribution in [1.29, 1.82) is 0 Å². The second kappa shape index (κ2) is 9.28. The topological polar surface area (TPSA) is 128 Å². The first-order valence-electron chi connectivity index (χ1n) is 9.69. The number of carbonyl (C=O) groups excluding carboxylic acids is 2. The lowest BCUT2D eigenvalue weighted by molar-refractivity contribution is -0.126. The molecular formula is C20H26N5O4P. The molecule has 3 amide bonds. The van der Waals surface area contributed by atoms with Gasteiger partial charge in [0.05, 0.1) is 17.0 Å². The molecule has 0 radical (unpaired) electrons. The lowest BCUT2D eigenvalue weighted by Crippen LogP contribution is -2.46. The second-order valence-corrected chi connectivity index (χ2v) is 8.52. The molecule has 0 saturated carbocycles. The Hall–Kier alpha value is -2.90. The van der Waals surface area contributed by atoms with E-state index in [-0.39, 0.29) is 31.9 Å². The van der Waals surface area contributed by atoms with E-state index in [1.165, 1.54) is 0 Å². The molecular weight excluding hydrogens is 405 g/mol. The Kier molecular flexibility index (Phi) is 6.74. The summed E-state index contributed by atoms with van der Waals surface area (Å²) in [6, 6.07) is 6.60. The molecule has 160 valence electrons. The quantitative estimate of drug-likeness (QED) is 0.330. The molecule has 2 unspecified atom stereocenters. The van der Waals surface area contributed by atoms with E-state index in [4.69, 9.17) is 10.9 Å². The van der Waals surface area contributed by atoms with Gasteiger partial charge in [0.2, 0.25) is 0 Å². The molecule has 0 bridgehead atoms. The van der Waals surface area contributed by atoms with Gasteiger partial charge in [-0.05, 0) is 51.1 Å². The average Bonchev–Trinajstić information content (AvgIpc) is 2.73. The molecule has 0 aromatic heterocycles. The fourth-order valence-electron chi connectivity index (χ4n) is 3.47. The van der Waals surface area contributed by atoms with Crippen LogP contribution < -0.4 is 16.5 Å². The van der Waals surface area contributed by atoms with Crippen molar-refractivity contribution in [2.24, 2.45) is 5.84 Å². The molecule has 5 N–H and O–H groups in total. The molecule has 1 saturated heterocycles. The molecule has 2 heterocycles. The predicted octanol–water partition coefficient (Wildman–Crippen LogP) is 2.81. The molecule has 1 aromatic rings. The number of hydrogen-bond donors (Lipinski definition) is 4. The van der Waals surface area contributed by atoms with E-state index in [1.54, 1.807) is 36.1 Å². The van der Waals surface area contributed by atoms with Crippen LogP contribution >= 0.6 is 8.58 Å². The number of hydrogen-bond acceptors (Lipinski definition) is 5. The van der Waals surface area contributed by atoms with Crippen LogP contribution in [0, 0.1) is 0 Å². The van der Waals surface area contributed by atoms with Gasteiger partial charge in [-0.1, -0.05) is 20.7 Å². The van der Waals surface area contributed by atoms with Crippen LogP contribution in [0.3, 0.4) is 0 Å². The highest BCUT2D eigenvalue weighted by molar-refractivity contribution is 7.42.